The summed E-state index contributed by atoms with van der Waals surface area (Å²) in [6.07, 6.45) is 2.54. The molecule has 0 aromatic heterocycles. The van der Waals surface area contributed by atoms with Crippen LogP contribution in [-0.4, -0.2) is 30.4 Å². The van der Waals surface area contributed by atoms with Crippen LogP contribution in [0.3, 0.4) is 0 Å². The zero-order chi connectivity index (χ0) is 14.5. The molecule has 1 aliphatic rings. The molecule has 0 radical (unpaired) electrons. The number of rotatable bonds is 5. The van der Waals surface area contributed by atoms with E-state index < -0.39 is 11.6 Å². The maximum Gasteiger partial charge on any atom is 0.223 e. The van der Waals surface area contributed by atoms with Gasteiger partial charge < -0.3 is 10.2 Å². The second-order valence-corrected chi connectivity index (χ2v) is 5.18. The summed E-state index contributed by atoms with van der Waals surface area (Å²) in [7, 11) is 0. The van der Waals surface area contributed by atoms with E-state index in [1.54, 1.807) is 6.92 Å². The van der Waals surface area contributed by atoms with E-state index in [-0.39, 0.29) is 11.9 Å². The lowest BCUT2D eigenvalue weighted by molar-refractivity contribution is -0.130. The van der Waals surface area contributed by atoms with Crippen LogP contribution in [0.4, 0.5) is 8.78 Å². The van der Waals surface area contributed by atoms with Gasteiger partial charge in [0.1, 0.15) is 11.6 Å². The second-order valence-electron chi connectivity index (χ2n) is 5.18. The molecule has 0 saturated carbocycles. The third-order valence-electron chi connectivity index (χ3n) is 3.67. The average molecular weight is 282 g/mol. The number of carbonyl (C=O) groups is 1. The number of nitrogens with one attached hydrogen (secondary N) is 1. The number of hydrogen-bond acceptors (Lipinski definition) is 2. The van der Waals surface area contributed by atoms with Crippen molar-refractivity contribution >= 4 is 5.91 Å². The van der Waals surface area contributed by atoms with Gasteiger partial charge in [0.2, 0.25) is 5.91 Å². The van der Waals surface area contributed by atoms with Gasteiger partial charge in [-0.3, -0.25) is 4.79 Å². The molecule has 110 valence electrons. The van der Waals surface area contributed by atoms with E-state index in [2.05, 4.69) is 5.32 Å². The van der Waals surface area contributed by atoms with Gasteiger partial charge in [0, 0.05) is 37.7 Å². The van der Waals surface area contributed by atoms with Crippen LogP contribution in [0, 0.1) is 11.6 Å². The molecule has 0 aliphatic carbocycles. The Morgan fingerprint density at radius 3 is 2.75 bits per heavy atom. The van der Waals surface area contributed by atoms with Crippen LogP contribution in [0.2, 0.25) is 0 Å². The van der Waals surface area contributed by atoms with E-state index in [9.17, 15) is 13.6 Å². The molecule has 1 saturated heterocycles. The van der Waals surface area contributed by atoms with Gasteiger partial charge in [0.05, 0.1) is 0 Å². The normalized spacial score (nSPS) is 16.4. The monoisotopic (exact) mass is 282 g/mol. The van der Waals surface area contributed by atoms with Crippen LogP contribution in [0.25, 0.3) is 0 Å². The molecule has 1 heterocycles. The molecule has 1 atom stereocenters. The molecule has 3 nitrogen and oxygen atoms in total. The first-order valence-electron chi connectivity index (χ1n) is 7.04. The minimum atomic E-state index is -0.455. The van der Waals surface area contributed by atoms with Crippen molar-refractivity contribution in [1.29, 1.82) is 0 Å². The maximum absolute atomic E-state index is 13.6. The van der Waals surface area contributed by atoms with Crippen molar-refractivity contribution in [2.75, 3.05) is 19.6 Å². The maximum atomic E-state index is 13.6. The summed E-state index contributed by atoms with van der Waals surface area (Å²) in [5.74, 6) is -0.762. The molecular formula is C15H20F2N2O. The van der Waals surface area contributed by atoms with Crippen LogP contribution < -0.4 is 5.32 Å². The molecule has 0 spiro atoms. The molecule has 20 heavy (non-hydrogen) atoms. The summed E-state index contributed by atoms with van der Waals surface area (Å²) in [6.45, 7) is 3.91. The number of nitrogens with zero attached hydrogens (tertiary/aromatic N) is 1. The smallest absolute Gasteiger partial charge is 0.223 e. The first-order valence-corrected chi connectivity index (χ1v) is 7.04. The standard InChI is InChI=1S/C15H20F2N2O/c1-11(13-10-12(16)4-5-14(13)17)18-7-6-15(20)19-8-2-3-9-19/h4-5,10-11,18H,2-3,6-9H2,1H3. The molecule has 1 N–H and O–H groups in total. The quantitative estimate of drug-likeness (QED) is 0.900. The Kier molecular flexibility index (Phi) is 5.06. The van der Waals surface area contributed by atoms with E-state index in [1.807, 2.05) is 4.90 Å². The lowest BCUT2D eigenvalue weighted by atomic mass is 10.1. The van der Waals surface area contributed by atoms with Crippen LogP contribution >= 0.6 is 0 Å². The number of benzene rings is 1. The summed E-state index contributed by atoms with van der Waals surface area (Å²) in [5.41, 5.74) is 0.290. The Hall–Kier alpha value is -1.49. The van der Waals surface area contributed by atoms with Crippen molar-refractivity contribution < 1.29 is 13.6 Å². The summed E-state index contributed by atoms with van der Waals surface area (Å²) >= 11 is 0. The lowest BCUT2D eigenvalue weighted by Crippen LogP contribution is -2.31. The Morgan fingerprint density at radius 1 is 1.35 bits per heavy atom. The number of hydrogen-bond donors (Lipinski definition) is 1. The fourth-order valence-electron chi connectivity index (χ4n) is 2.48. The van der Waals surface area contributed by atoms with Gasteiger partial charge >= 0.3 is 0 Å². The van der Waals surface area contributed by atoms with Crippen molar-refractivity contribution in [3.63, 3.8) is 0 Å². The van der Waals surface area contributed by atoms with Gasteiger partial charge in [0.25, 0.3) is 0 Å². The summed E-state index contributed by atoms with van der Waals surface area (Å²) in [5, 5.41) is 3.07. The van der Waals surface area contributed by atoms with Crippen molar-refractivity contribution in [3.8, 4) is 0 Å². The predicted molar refractivity (Wildman–Crippen MR) is 73.2 cm³/mol. The van der Waals surface area contributed by atoms with E-state index in [4.69, 9.17) is 0 Å². The zero-order valence-corrected chi connectivity index (χ0v) is 11.7. The molecule has 0 bridgehead atoms. The minimum Gasteiger partial charge on any atom is -0.343 e. The minimum absolute atomic E-state index is 0.127. The lowest BCUT2D eigenvalue weighted by Gasteiger charge is -2.18. The SMILES string of the molecule is CC(NCCC(=O)N1CCCC1)c1cc(F)ccc1F. The van der Waals surface area contributed by atoms with Crippen molar-refractivity contribution in [2.45, 2.75) is 32.2 Å². The van der Waals surface area contributed by atoms with Crippen LogP contribution in [-0.2, 0) is 4.79 Å². The van der Waals surface area contributed by atoms with Crippen LogP contribution in [0.15, 0.2) is 18.2 Å². The van der Waals surface area contributed by atoms with Crippen molar-refractivity contribution in [2.24, 2.45) is 0 Å². The molecular weight excluding hydrogens is 262 g/mol. The Bertz CT molecular complexity index is 473. The number of amides is 1. The third-order valence-corrected chi connectivity index (χ3v) is 3.67. The Balaban J connectivity index is 1.81. The van der Waals surface area contributed by atoms with Gasteiger partial charge in [-0.2, -0.15) is 0 Å². The van der Waals surface area contributed by atoms with E-state index >= 15 is 0 Å². The zero-order valence-electron chi connectivity index (χ0n) is 11.7. The fraction of sp³-hybridized carbons (Fsp3) is 0.533. The highest BCUT2D eigenvalue weighted by molar-refractivity contribution is 5.76. The first-order chi connectivity index (χ1) is 9.58. The van der Waals surface area contributed by atoms with Gasteiger partial charge in [-0.05, 0) is 38.0 Å². The highest BCUT2D eigenvalue weighted by Gasteiger charge is 2.18. The summed E-state index contributed by atoms with van der Waals surface area (Å²) < 4.78 is 26.7. The van der Waals surface area contributed by atoms with Crippen LogP contribution in [0.5, 0.6) is 0 Å². The second kappa shape index (κ2) is 6.79. The highest BCUT2D eigenvalue weighted by Crippen LogP contribution is 2.18. The Morgan fingerprint density at radius 2 is 2.05 bits per heavy atom. The number of halogens is 2. The molecule has 2 rings (SSSR count). The molecule has 5 heteroatoms. The summed E-state index contributed by atoms with van der Waals surface area (Å²) in [4.78, 5) is 13.7. The molecule has 1 amide bonds. The van der Waals surface area contributed by atoms with E-state index in [1.165, 1.54) is 6.07 Å². The van der Waals surface area contributed by atoms with Gasteiger partial charge in [0.15, 0.2) is 0 Å². The average Bonchev–Trinajstić information content (AvgIpc) is 2.95. The largest absolute Gasteiger partial charge is 0.343 e. The first kappa shape index (κ1) is 14.9. The topological polar surface area (TPSA) is 32.3 Å². The molecule has 1 fully saturated rings. The fourth-order valence-corrected chi connectivity index (χ4v) is 2.48. The number of likely N-dealkylation sites (tertiary alicyclic amines) is 1. The molecule has 1 aromatic rings. The molecule has 1 unspecified atom stereocenters. The highest BCUT2D eigenvalue weighted by atomic mass is 19.1. The van der Waals surface area contributed by atoms with Gasteiger partial charge in [-0.25, -0.2) is 8.78 Å². The predicted octanol–water partition coefficient (Wildman–Crippen LogP) is 2.63. The van der Waals surface area contributed by atoms with Crippen LogP contribution in [0.1, 0.15) is 37.8 Å². The van der Waals surface area contributed by atoms with Gasteiger partial charge in [-0.1, -0.05) is 0 Å². The molecule has 1 aliphatic heterocycles. The third kappa shape index (κ3) is 3.76. The van der Waals surface area contributed by atoms with E-state index in [0.717, 1.165) is 38.1 Å². The Labute approximate surface area is 118 Å². The molecule has 1 aromatic carbocycles. The van der Waals surface area contributed by atoms with Crippen molar-refractivity contribution in [3.05, 3.63) is 35.4 Å². The van der Waals surface area contributed by atoms with Gasteiger partial charge in [-0.15, -0.1) is 0 Å². The number of carbonyl (C=O) groups excluding carboxylic acids is 1. The van der Waals surface area contributed by atoms with Crippen molar-refractivity contribution in [1.82, 2.24) is 10.2 Å². The van der Waals surface area contributed by atoms with E-state index in [0.29, 0.717) is 18.5 Å². The summed E-state index contributed by atoms with van der Waals surface area (Å²) in [6, 6.07) is 3.09.